The second kappa shape index (κ2) is 8.61. The van der Waals surface area contributed by atoms with E-state index in [4.69, 9.17) is 0 Å². The van der Waals surface area contributed by atoms with Gasteiger partial charge in [-0.15, -0.1) is 0 Å². The molecular weight excluding hydrogens is 391 g/mol. The number of carbonyl (C=O) groups is 3. The van der Waals surface area contributed by atoms with Gasteiger partial charge in [-0.25, -0.2) is 0 Å². The van der Waals surface area contributed by atoms with Crippen LogP contribution in [-0.2, 0) is 14.4 Å². The summed E-state index contributed by atoms with van der Waals surface area (Å²) in [5.74, 6) is 0.528. The molecule has 0 aromatic carbocycles. The summed E-state index contributed by atoms with van der Waals surface area (Å²) in [5, 5.41) is 22.1. The minimum atomic E-state index is -1.03. The van der Waals surface area contributed by atoms with Crippen LogP contribution in [0.25, 0.3) is 0 Å². The first-order valence-corrected chi connectivity index (χ1v) is 11.5. The van der Waals surface area contributed by atoms with Crippen molar-refractivity contribution in [1.29, 1.82) is 0 Å². The maximum absolute atomic E-state index is 13.6. The SMILES string of the molecule is C[C@H](CCC(=O)[O-])[C@H]1CC[C@H]2[C@@H]3C(O)CC4CC(=O)CC[C@]4(C)[C@H]3CC(=O)[C@]12C.[Na+]. The molecule has 0 aromatic rings. The molecule has 30 heavy (non-hydrogen) atoms. The van der Waals surface area contributed by atoms with Crippen molar-refractivity contribution >= 4 is 17.5 Å². The van der Waals surface area contributed by atoms with Crippen molar-refractivity contribution in [2.75, 3.05) is 0 Å². The third kappa shape index (κ3) is 3.66. The predicted molar refractivity (Wildman–Crippen MR) is 105 cm³/mol. The van der Waals surface area contributed by atoms with Gasteiger partial charge in [0.25, 0.3) is 0 Å². The standard InChI is InChI=1S/C24H36O5.Na/c1-13(4-7-21(28)29)16-5-6-17-22-18(12-20(27)24(16,17)3)23(2)9-8-15(25)10-14(23)11-19(22)26;/h13-14,16-19,22,26H,4-12H2,1-3H3,(H,28,29);/q;+1/p-1/t13-,14?,16-,17+,18+,19?,22+,23+,24-;/m1./s1. The molecule has 4 saturated carbocycles. The number of ketones is 2. The van der Waals surface area contributed by atoms with Crippen LogP contribution in [0.5, 0.6) is 0 Å². The number of carboxylic acids is 1. The number of carboxylic acid groups (broad SMARTS) is 1. The topological polar surface area (TPSA) is 94.5 Å². The monoisotopic (exact) mass is 426 g/mol. The van der Waals surface area contributed by atoms with Gasteiger partial charge in [-0.3, -0.25) is 9.59 Å². The van der Waals surface area contributed by atoms with Gasteiger partial charge in [-0.2, -0.15) is 0 Å². The number of fused-ring (bicyclic) bond motifs is 5. The molecule has 0 aliphatic heterocycles. The van der Waals surface area contributed by atoms with Crippen LogP contribution in [0.4, 0.5) is 0 Å². The largest absolute Gasteiger partial charge is 1.00 e. The van der Waals surface area contributed by atoms with Gasteiger partial charge in [0.15, 0.2) is 0 Å². The van der Waals surface area contributed by atoms with E-state index in [9.17, 15) is 24.6 Å². The second-order valence-electron chi connectivity index (χ2n) is 11.0. The molecular formula is C24H35NaO5. The van der Waals surface area contributed by atoms with Gasteiger partial charge >= 0.3 is 29.6 Å². The average molecular weight is 427 g/mol. The molecule has 4 aliphatic rings. The van der Waals surface area contributed by atoms with Crippen LogP contribution >= 0.6 is 0 Å². The Kier molecular flexibility index (Phi) is 7.00. The molecule has 2 unspecified atom stereocenters. The van der Waals surface area contributed by atoms with Crippen LogP contribution in [0.1, 0.15) is 78.6 Å². The van der Waals surface area contributed by atoms with E-state index in [0.29, 0.717) is 43.7 Å². The quantitative estimate of drug-likeness (QED) is 0.614. The minimum Gasteiger partial charge on any atom is -0.550 e. The fourth-order valence-electron chi connectivity index (χ4n) is 8.22. The molecule has 9 atom stereocenters. The third-order valence-electron chi connectivity index (χ3n) is 9.92. The van der Waals surface area contributed by atoms with Crippen LogP contribution < -0.4 is 34.7 Å². The second-order valence-corrected chi connectivity index (χ2v) is 11.0. The summed E-state index contributed by atoms with van der Waals surface area (Å²) in [5.41, 5.74) is -0.505. The summed E-state index contributed by atoms with van der Waals surface area (Å²) in [4.78, 5) is 36.6. The Morgan fingerprint density at radius 3 is 2.57 bits per heavy atom. The smallest absolute Gasteiger partial charge is 0.550 e. The van der Waals surface area contributed by atoms with Gasteiger partial charge < -0.3 is 15.0 Å². The molecule has 0 aromatic heterocycles. The van der Waals surface area contributed by atoms with Crippen molar-refractivity contribution in [1.82, 2.24) is 0 Å². The summed E-state index contributed by atoms with van der Waals surface area (Å²) in [6, 6.07) is 0. The number of hydrogen-bond acceptors (Lipinski definition) is 5. The number of Topliss-reactive ketones (excluding diaryl/α,β-unsaturated/α-hetero) is 2. The fraction of sp³-hybridized carbons (Fsp3) is 0.875. The molecule has 1 N–H and O–H groups in total. The summed E-state index contributed by atoms with van der Waals surface area (Å²) >= 11 is 0. The third-order valence-corrected chi connectivity index (χ3v) is 9.92. The van der Waals surface area contributed by atoms with E-state index in [1.165, 1.54) is 0 Å². The van der Waals surface area contributed by atoms with Crippen LogP contribution in [0.3, 0.4) is 0 Å². The molecule has 162 valence electrons. The first kappa shape index (κ1) is 24.4. The van der Waals surface area contributed by atoms with Gasteiger partial charge in [0, 0.05) is 30.6 Å². The number of aliphatic hydroxyl groups is 1. The van der Waals surface area contributed by atoms with Crippen LogP contribution in [0, 0.1) is 46.3 Å². The minimum absolute atomic E-state index is 0. The Balaban J connectivity index is 0.00000256. The van der Waals surface area contributed by atoms with E-state index in [-0.39, 0.29) is 76.9 Å². The average Bonchev–Trinajstić information content (AvgIpc) is 3.01. The van der Waals surface area contributed by atoms with Crippen LogP contribution in [0.15, 0.2) is 0 Å². The van der Waals surface area contributed by atoms with Crippen molar-refractivity contribution in [3.63, 3.8) is 0 Å². The van der Waals surface area contributed by atoms with E-state index in [1.54, 1.807) is 0 Å². The van der Waals surface area contributed by atoms with E-state index >= 15 is 0 Å². The van der Waals surface area contributed by atoms with Crippen molar-refractivity contribution in [3.05, 3.63) is 0 Å². The number of rotatable bonds is 4. The Bertz CT molecular complexity index is 722. The molecule has 5 nitrogen and oxygen atoms in total. The molecule has 0 saturated heterocycles. The van der Waals surface area contributed by atoms with Crippen molar-refractivity contribution in [3.8, 4) is 0 Å². The maximum atomic E-state index is 13.6. The summed E-state index contributed by atoms with van der Waals surface area (Å²) in [7, 11) is 0. The van der Waals surface area contributed by atoms with Crippen molar-refractivity contribution in [2.24, 2.45) is 46.3 Å². The van der Waals surface area contributed by atoms with Crippen LogP contribution in [0.2, 0.25) is 0 Å². The first-order chi connectivity index (χ1) is 13.6. The molecule has 0 spiro atoms. The number of aliphatic hydroxyl groups excluding tert-OH is 1. The summed E-state index contributed by atoms with van der Waals surface area (Å²) in [6.45, 7) is 6.43. The molecule has 0 bridgehead atoms. The molecule has 0 heterocycles. The summed E-state index contributed by atoms with van der Waals surface area (Å²) < 4.78 is 0. The fourth-order valence-corrected chi connectivity index (χ4v) is 8.22. The van der Waals surface area contributed by atoms with Crippen molar-refractivity contribution in [2.45, 2.75) is 84.7 Å². The zero-order chi connectivity index (χ0) is 21.1. The Morgan fingerprint density at radius 2 is 1.90 bits per heavy atom. The first-order valence-electron chi connectivity index (χ1n) is 11.5. The van der Waals surface area contributed by atoms with Gasteiger partial charge in [0.05, 0.1) is 6.10 Å². The van der Waals surface area contributed by atoms with Gasteiger partial charge in [0.1, 0.15) is 11.6 Å². The van der Waals surface area contributed by atoms with Gasteiger partial charge in [0.2, 0.25) is 0 Å². The zero-order valence-electron chi connectivity index (χ0n) is 19.0. The van der Waals surface area contributed by atoms with E-state index in [0.717, 1.165) is 19.3 Å². The zero-order valence-corrected chi connectivity index (χ0v) is 21.0. The molecule has 6 heteroatoms. The van der Waals surface area contributed by atoms with Gasteiger partial charge in [-0.1, -0.05) is 20.8 Å². The molecule has 0 amide bonds. The van der Waals surface area contributed by atoms with Crippen molar-refractivity contribution < 1.29 is 54.2 Å². The molecule has 4 rings (SSSR count). The Labute approximate surface area is 202 Å². The Hall–Kier alpha value is -0.230. The van der Waals surface area contributed by atoms with E-state index in [1.807, 2.05) is 0 Å². The van der Waals surface area contributed by atoms with E-state index in [2.05, 4.69) is 20.8 Å². The van der Waals surface area contributed by atoms with E-state index < -0.39 is 17.5 Å². The number of aliphatic carboxylic acids is 1. The van der Waals surface area contributed by atoms with Crippen LogP contribution in [-0.4, -0.2) is 28.7 Å². The number of carbonyl (C=O) groups excluding carboxylic acids is 3. The molecule has 4 aliphatic carbocycles. The Morgan fingerprint density at radius 1 is 1.20 bits per heavy atom. The molecule has 0 radical (unpaired) electrons. The number of hydrogen-bond donors (Lipinski definition) is 1. The normalized spacial score (nSPS) is 46.3. The summed E-state index contributed by atoms with van der Waals surface area (Å²) in [6.07, 6.45) is 5.16. The predicted octanol–water partition coefficient (Wildman–Crippen LogP) is -0.466. The van der Waals surface area contributed by atoms with Gasteiger partial charge in [-0.05, 0) is 79.4 Å². The molecule has 4 fully saturated rings. The maximum Gasteiger partial charge on any atom is 1.00 e.